The Labute approximate surface area is 121 Å². The first-order valence-electron chi connectivity index (χ1n) is 6.99. The molecule has 0 heterocycles. The first kappa shape index (κ1) is 16.7. The Morgan fingerprint density at radius 2 is 1.85 bits per heavy atom. The fourth-order valence-corrected chi connectivity index (χ4v) is 2.52. The van der Waals surface area contributed by atoms with Gasteiger partial charge in [0.2, 0.25) is 0 Å². The van der Waals surface area contributed by atoms with Crippen LogP contribution in [0.15, 0.2) is 11.6 Å². The van der Waals surface area contributed by atoms with E-state index in [2.05, 4.69) is 19.9 Å². The van der Waals surface area contributed by atoms with E-state index in [-0.39, 0.29) is 36.0 Å². The van der Waals surface area contributed by atoms with Crippen molar-refractivity contribution in [2.75, 3.05) is 6.61 Å². The fourth-order valence-electron chi connectivity index (χ4n) is 2.52. The van der Waals surface area contributed by atoms with Gasteiger partial charge in [0.05, 0.1) is 12.0 Å². The predicted octanol–water partition coefficient (Wildman–Crippen LogP) is 3.11. The molecule has 2 atom stereocenters. The monoisotopic (exact) mass is 282 g/mol. The summed E-state index contributed by atoms with van der Waals surface area (Å²) in [6.07, 6.45) is 1.78. The molecule has 4 heteroatoms. The maximum Gasteiger partial charge on any atom is 0.311 e. The summed E-state index contributed by atoms with van der Waals surface area (Å²) in [5.41, 5.74) is 0.326. The second kappa shape index (κ2) is 5.58. The van der Waals surface area contributed by atoms with Crippen LogP contribution >= 0.6 is 0 Å². The minimum Gasteiger partial charge on any atom is -0.465 e. The van der Waals surface area contributed by atoms with E-state index in [0.29, 0.717) is 0 Å². The van der Waals surface area contributed by atoms with E-state index in [0.717, 1.165) is 5.57 Å². The molecule has 0 spiro atoms. The molecule has 4 nitrogen and oxygen atoms in total. The molecule has 0 fully saturated rings. The van der Waals surface area contributed by atoms with Crippen LogP contribution < -0.4 is 0 Å². The molecule has 1 aliphatic carbocycles. The quantitative estimate of drug-likeness (QED) is 0.589. The van der Waals surface area contributed by atoms with Gasteiger partial charge in [-0.05, 0) is 38.7 Å². The molecule has 1 aliphatic rings. The zero-order valence-corrected chi connectivity index (χ0v) is 13.6. The highest BCUT2D eigenvalue weighted by Crippen LogP contribution is 2.43. The van der Waals surface area contributed by atoms with Crippen LogP contribution in [0.1, 0.15) is 48.5 Å². The molecule has 0 bridgehead atoms. The molecule has 0 aliphatic heterocycles. The van der Waals surface area contributed by atoms with Crippen LogP contribution in [0, 0.1) is 16.7 Å². The zero-order chi connectivity index (χ0) is 15.7. The lowest BCUT2D eigenvalue weighted by Crippen LogP contribution is -2.36. The Bertz CT molecular complexity index is 426. The Morgan fingerprint density at radius 1 is 1.30 bits per heavy atom. The van der Waals surface area contributed by atoms with E-state index >= 15 is 0 Å². The first-order valence-corrected chi connectivity index (χ1v) is 6.99. The number of hydrogen-bond acceptors (Lipinski definition) is 4. The van der Waals surface area contributed by atoms with Crippen molar-refractivity contribution in [3.63, 3.8) is 0 Å². The van der Waals surface area contributed by atoms with Crippen molar-refractivity contribution >= 4 is 11.9 Å². The van der Waals surface area contributed by atoms with Crippen LogP contribution in [0.4, 0.5) is 0 Å². The predicted molar refractivity (Wildman–Crippen MR) is 77.0 cm³/mol. The third-order valence-corrected chi connectivity index (χ3v) is 3.67. The van der Waals surface area contributed by atoms with Crippen LogP contribution in [-0.4, -0.2) is 24.6 Å². The van der Waals surface area contributed by atoms with E-state index < -0.39 is 5.41 Å². The lowest BCUT2D eigenvalue weighted by molar-refractivity contribution is -0.159. The lowest BCUT2D eigenvalue weighted by Gasteiger charge is -2.31. The number of allylic oxidation sites excluding steroid dienone is 1. The molecule has 114 valence electrons. The van der Waals surface area contributed by atoms with Crippen LogP contribution in [0.2, 0.25) is 0 Å². The van der Waals surface area contributed by atoms with Crippen LogP contribution in [-0.2, 0) is 19.1 Å². The van der Waals surface area contributed by atoms with E-state index in [9.17, 15) is 9.59 Å². The smallest absolute Gasteiger partial charge is 0.311 e. The zero-order valence-electron chi connectivity index (χ0n) is 13.6. The Balaban J connectivity index is 2.79. The number of rotatable bonds is 3. The average Bonchev–Trinajstić information content (AvgIpc) is 2.44. The molecule has 0 amide bonds. The average molecular weight is 282 g/mol. The van der Waals surface area contributed by atoms with Crippen molar-refractivity contribution in [2.24, 2.45) is 16.7 Å². The molecule has 20 heavy (non-hydrogen) atoms. The van der Waals surface area contributed by atoms with Crippen molar-refractivity contribution in [3.8, 4) is 0 Å². The number of hydrogen-bond donors (Lipinski definition) is 0. The van der Waals surface area contributed by atoms with E-state index in [1.54, 1.807) is 0 Å². The number of esters is 2. The Hall–Kier alpha value is -1.32. The second-order valence-electron chi connectivity index (χ2n) is 7.19. The largest absolute Gasteiger partial charge is 0.465 e. The molecular formula is C16H26O4. The lowest BCUT2D eigenvalue weighted by atomic mass is 9.81. The van der Waals surface area contributed by atoms with E-state index in [1.807, 2.05) is 27.7 Å². The summed E-state index contributed by atoms with van der Waals surface area (Å²) < 4.78 is 10.8. The maximum absolute atomic E-state index is 11.9. The van der Waals surface area contributed by atoms with Crippen LogP contribution in [0.3, 0.4) is 0 Å². The summed E-state index contributed by atoms with van der Waals surface area (Å²) in [6.45, 7) is 13.2. The highest BCUT2D eigenvalue weighted by atomic mass is 16.6. The molecule has 0 aromatic rings. The van der Waals surface area contributed by atoms with Crippen molar-refractivity contribution in [1.82, 2.24) is 0 Å². The fraction of sp³-hybridized carbons (Fsp3) is 0.750. The highest BCUT2D eigenvalue weighted by molar-refractivity contribution is 5.75. The molecular weight excluding hydrogens is 256 g/mol. The standard InChI is InChI=1S/C16H26O4/c1-10-8-16(6,7)12(13(10)20-11(2)17)9-19-14(18)15(3,4)5/h8,12-13H,9H2,1-7H3/t12-,13-/m1/s1. The molecule has 0 unspecified atom stereocenters. The van der Waals surface area contributed by atoms with Gasteiger partial charge in [0.25, 0.3) is 0 Å². The molecule has 0 aromatic heterocycles. The van der Waals surface area contributed by atoms with Gasteiger partial charge >= 0.3 is 11.9 Å². The van der Waals surface area contributed by atoms with E-state index in [1.165, 1.54) is 6.92 Å². The molecule has 0 radical (unpaired) electrons. The third-order valence-electron chi connectivity index (χ3n) is 3.67. The minimum atomic E-state index is -0.526. The Morgan fingerprint density at radius 3 is 2.30 bits per heavy atom. The van der Waals surface area contributed by atoms with Crippen molar-refractivity contribution in [3.05, 3.63) is 11.6 Å². The Kier molecular flexibility index (Phi) is 4.67. The molecule has 0 N–H and O–H groups in total. The van der Waals surface area contributed by atoms with Gasteiger partial charge in [0.15, 0.2) is 0 Å². The summed E-state index contributed by atoms with van der Waals surface area (Å²) in [6, 6.07) is 0. The normalized spacial score (nSPS) is 25.1. The van der Waals surface area contributed by atoms with Gasteiger partial charge < -0.3 is 9.47 Å². The molecule has 1 rings (SSSR count). The topological polar surface area (TPSA) is 52.6 Å². The van der Waals surface area contributed by atoms with Gasteiger partial charge in [-0.25, -0.2) is 0 Å². The summed E-state index contributed by atoms with van der Waals surface area (Å²) in [7, 11) is 0. The molecule has 0 saturated heterocycles. The van der Waals surface area contributed by atoms with Crippen molar-refractivity contribution in [2.45, 2.75) is 54.6 Å². The third kappa shape index (κ3) is 3.84. The van der Waals surface area contributed by atoms with Gasteiger partial charge in [-0.3, -0.25) is 9.59 Å². The first-order chi connectivity index (χ1) is 8.95. The van der Waals surface area contributed by atoms with E-state index in [4.69, 9.17) is 9.47 Å². The van der Waals surface area contributed by atoms with Crippen molar-refractivity contribution < 1.29 is 19.1 Å². The van der Waals surface area contributed by atoms with Crippen LogP contribution in [0.25, 0.3) is 0 Å². The highest BCUT2D eigenvalue weighted by Gasteiger charge is 2.44. The van der Waals surface area contributed by atoms with Gasteiger partial charge in [-0.15, -0.1) is 0 Å². The maximum atomic E-state index is 11.9. The number of carbonyl (C=O) groups excluding carboxylic acids is 2. The summed E-state index contributed by atoms with van der Waals surface area (Å²) in [4.78, 5) is 23.1. The summed E-state index contributed by atoms with van der Waals surface area (Å²) in [5, 5.41) is 0. The number of ether oxygens (including phenoxy) is 2. The van der Waals surface area contributed by atoms with Gasteiger partial charge in [0, 0.05) is 12.8 Å². The van der Waals surface area contributed by atoms with Gasteiger partial charge in [0.1, 0.15) is 6.10 Å². The minimum absolute atomic E-state index is 0.0438. The van der Waals surface area contributed by atoms with Gasteiger partial charge in [-0.2, -0.15) is 0 Å². The van der Waals surface area contributed by atoms with Crippen LogP contribution in [0.5, 0.6) is 0 Å². The second-order valence-corrected chi connectivity index (χ2v) is 7.19. The molecule has 0 aromatic carbocycles. The van der Waals surface area contributed by atoms with Crippen molar-refractivity contribution in [1.29, 1.82) is 0 Å². The summed E-state index contributed by atoms with van der Waals surface area (Å²) in [5.74, 6) is -0.593. The number of carbonyl (C=O) groups is 2. The SMILES string of the molecule is CC(=O)O[C@@H]1C(C)=CC(C)(C)[C@@H]1COC(=O)C(C)(C)C. The summed E-state index contributed by atoms with van der Waals surface area (Å²) >= 11 is 0. The molecule has 0 saturated carbocycles. The van der Waals surface area contributed by atoms with Gasteiger partial charge in [-0.1, -0.05) is 19.9 Å².